The Bertz CT molecular complexity index is 1510. The number of halogens is 1. The third-order valence-corrected chi connectivity index (χ3v) is 5.98. The molecule has 6 N–H and O–H groups in total. The Morgan fingerprint density at radius 1 is 1.34 bits per heavy atom. The number of aryl methyl sites for hydroxylation is 2. The van der Waals surface area contributed by atoms with Gasteiger partial charge in [-0.3, -0.25) is 9.36 Å². The van der Waals surface area contributed by atoms with Gasteiger partial charge in [-0.15, -0.1) is 5.10 Å². The second-order valence-corrected chi connectivity index (χ2v) is 8.81. The average Bonchev–Trinajstić information content (AvgIpc) is 3.21. The van der Waals surface area contributed by atoms with Gasteiger partial charge in [-0.25, -0.2) is 20.6 Å². The van der Waals surface area contributed by atoms with Crippen molar-refractivity contribution >= 4 is 44.9 Å². The normalized spacial score (nSPS) is 12.9. The highest BCUT2D eigenvalue weighted by Crippen LogP contribution is 2.33. The number of aliphatic hydroxyl groups excluding tert-OH is 1. The zero-order chi connectivity index (χ0) is 25.4. The van der Waals surface area contributed by atoms with Gasteiger partial charge in [0.15, 0.2) is 5.84 Å². The first-order valence-electron chi connectivity index (χ1n) is 11.0. The summed E-state index contributed by atoms with van der Waals surface area (Å²) in [5, 5.41) is 24.9. The summed E-state index contributed by atoms with van der Waals surface area (Å²) in [6, 6.07) is 7.08. The molecule has 0 amide bonds. The fourth-order valence-corrected chi connectivity index (χ4v) is 4.49. The second kappa shape index (κ2) is 9.53. The van der Waals surface area contributed by atoms with Gasteiger partial charge in [0.2, 0.25) is 0 Å². The van der Waals surface area contributed by atoms with Crippen LogP contribution < -0.4 is 22.5 Å². The highest BCUT2D eigenvalue weighted by atomic mass is 35.5. The molecule has 0 fully saturated rings. The molecule has 0 aliphatic carbocycles. The molecule has 1 aromatic carbocycles. The monoisotopic (exact) mass is 497 g/mol. The number of nitrogens with two attached hydrogens (primary N) is 2. The predicted octanol–water partition coefficient (Wildman–Crippen LogP) is 1.84. The Morgan fingerprint density at radius 3 is 2.77 bits per heavy atom. The molecule has 0 aliphatic heterocycles. The number of pyridine rings is 2. The Balaban J connectivity index is 1.91. The summed E-state index contributed by atoms with van der Waals surface area (Å²) in [4.78, 5) is 17.7. The lowest BCUT2D eigenvalue weighted by atomic mass is 9.95. The number of amidine groups is 1. The first-order valence-corrected chi connectivity index (χ1v) is 11.4. The van der Waals surface area contributed by atoms with Crippen molar-refractivity contribution in [1.82, 2.24) is 24.4 Å². The molecule has 4 aromatic rings. The van der Waals surface area contributed by atoms with E-state index in [9.17, 15) is 9.90 Å². The Labute approximate surface area is 206 Å². The number of aliphatic hydroxyl groups is 1. The van der Waals surface area contributed by atoms with Crippen LogP contribution in [0.15, 0.2) is 40.4 Å². The van der Waals surface area contributed by atoms with Gasteiger partial charge < -0.3 is 16.2 Å². The molecule has 0 aliphatic rings. The van der Waals surface area contributed by atoms with Crippen LogP contribution in [-0.4, -0.2) is 49.0 Å². The number of fused-ring (bicyclic) bond motifs is 3. The molecular weight excluding hydrogens is 470 g/mol. The quantitative estimate of drug-likeness (QED) is 0.0991. The van der Waals surface area contributed by atoms with Crippen molar-refractivity contribution in [3.8, 4) is 0 Å². The molecule has 3 aromatic heterocycles. The number of hydrazone groups is 1. The number of nitrogens with zero attached hydrogens (tertiary/aromatic N) is 6. The first kappa shape index (κ1) is 24.5. The topological polar surface area (TPSA) is 153 Å². The van der Waals surface area contributed by atoms with Gasteiger partial charge in [-0.2, -0.15) is 5.10 Å². The molecule has 0 saturated heterocycles. The lowest BCUT2D eigenvalue weighted by Crippen LogP contribution is -2.27. The highest BCUT2D eigenvalue weighted by molar-refractivity contribution is 6.29. The minimum atomic E-state index is -0.265. The van der Waals surface area contributed by atoms with E-state index in [1.807, 2.05) is 26.0 Å². The number of benzene rings is 1. The minimum absolute atomic E-state index is 0.0883. The number of hydrazine groups is 1. The molecule has 3 heterocycles. The van der Waals surface area contributed by atoms with Crippen LogP contribution in [-0.2, 0) is 13.6 Å². The van der Waals surface area contributed by atoms with Crippen molar-refractivity contribution < 1.29 is 5.11 Å². The summed E-state index contributed by atoms with van der Waals surface area (Å²) in [6.07, 6.45) is 1.73. The molecule has 0 bridgehead atoms. The SMILES string of the molecule is Cc1cc(C(C)Nc2ccc(Cl)nc2/C(N)=N/N(C)N)c2c(c1)c(=O)n(C)c1c2cnn1CCO. The first-order chi connectivity index (χ1) is 16.6. The van der Waals surface area contributed by atoms with E-state index >= 15 is 0 Å². The molecule has 0 saturated carbocycles. The number of anilines is 1. The van der Waals surface area contributed by atoms with Crippen LogP contribution in [0, 0.1) is 6.92 Å². The lowest BCUT2D eigenvalue weighted by Gasteiger charge is -2.21. The summed E-state index contributed by atoms with van der Waals surface area (Å²) in [6.45, 7) is 4.13. The van der Waals surface area contributed by atoms with Gasteiger partial charge in [0.1, 0.15) is 16.5 Å². The van der Waals surface area contributed by atoms with Gasteiger partial charge in [0.05, 0.1) is 25.0 Å². The van der Waals surface area contributed by atoms with Crippen molar-refractivity contribution in [2.24, 2.45) is 23.7 Å². The van der Waals surface area contributed by atoms with Crippen molar-refractivity contribution in [3.63, 3.8) is 0 Å². The molecule has 1 atom stereocenters. The molecule has 4 rings (SSSR count). The van der Waals surface area contributed by atoms with Gasteiger partial charge in [0.25, 0.3) is 5.56 Å². The van der Waals surface area contributed by atoms with Crippen LogP contribution in [0.2, 0.25) is 5.15 Å². The Kier molecular flexibility index (Phi) is 6.66. The summed E-state index contributed by atoms with van der Waals surface area (Å²) >= 11 is 6.12. The summed E-state index contributed by atoms with van der Waals surface area (Å²) in [7, 11) is 3.26. The zero-order valence-corrected chi connectivity index (χ0v) is 20.7. The van der Waals surface area contributed by atoms with E-state index < -0.39 is 0 Å². The lowest BCUT2D eigenvalue weighted by molar-refractivity contribution is 0.271. The van der Waals surface area contributed by atoms with E-state index in [-0.39, 0.29) is 35.7 Å². The van der Waals surface area contributed by atoms with Gasteiger partial charge in [-0.05, 0) is 43.2 Å². The van der Waals surface area contributed by atoms with E-state index in [0.29, 0.717) is 22.4 Å². The summed E-state index contributed by atoms with van der Waals surface area (Å²) < 4.78 is 3.21. The summed E-state index contributed by atoms with van der Waals surface area (Å²) in [5.41, 5.74) is 9.44. The molecular formula is C23H28ClN9O2. The molecule has 11 nitrogen and oxygen atoms in total. The standard InChI is InChI=1S/C23H28ClN9O2/c1-12-9-14(13(2)28-17-5-6-18(24)29-20(17)21(25)30-32(4)26)19-15(10-12)23(35)31(3)22-16(19)11-27-33(22)7-8-34/h5-6,9-11,13,28,34H,7-8,26H2,1-4H3,(H2,25,30). The maximum absolute atomic E-state index is 13.3. The molecule has 1 unspecified atom stereocenters. The predicted molar refractivity (Wildman–Crippen MR) is 138 cm³/mol. The van der Waals surface area contributed by atoms with Crippen molar-refractivity contribution in [2.75, 3.05) is 19.0 Å². The van der Waals surface area contributed by atoms with Gasteiger partial charge >= 0.3 is 0 Å². The Morgan fingerprint density at radius 2 is 2.09 bits per heavy atom. The number of rotatable bonds is 7. The van der Waals surface area contributed by atoms with E-state index in [1.54, 1.807) is 41.7 Å². The summed E-state index contributed by atoms with van der Waals surface area (Å²) in [5.74, 6) is 5.72. The maximum atomic E-state index is 13.3. The number of hydrogen-bond donors (Lipinski definition) is 4. The van der Waals surface area contributed by atoms with Crippen molar-refractivity contribution in [1.29, 1.82) is 0 Å². The molecule has 35 heavy (non-hydrogen) atoms. The second-order valence-electron chi connectivity index (χ2n) is 8.42. The molecule has 0 spiro atoms. The van der Waals surface area contributed by atoms with Crippen molar-refractivity contribution in [3.05, 3.63) is 62.8 Å². The fraction of sp³-hybridized carbons (Fsp3) is 0.304. The number of aromatic nitrogens is 4. The largest absolute Gasteiger partial charge is 0.394 e. The number of nitrogens with one attached hydrogen (secondary N) is 1. The highest BCUT2D eigenvalue weighted by Gasteiger charge is 2.21. The third kappa shape index (κ3) is 4.53. The van der Waals surface area contributed by atoms with Crippen LogP contribution in [0.1, 0.15) is 29.8 Å². The smallest absolute Gasteiger partial charge is 0.259 e. The van der Waals surface area contributed by atoms with Crippen molar-refractivity contribution in [2.45, 2.75) is 26.4 Å². The van der Waals surface area contributed by atoms with Crippen LogP contribution in [0.3, 0.4) is 0 Å². The van der Waals surface area contributed by atoms with Crippen LogP contribution in [0.25, 0.3) is 21.8 Å². The zero-order valence-electron chi connectivity index (χ0n) is 19.9. The Hall–Kier alpha value is -3.67. The van der Waals surface area contributed by atoms with Crippen LogP contribution in [0.5, 0.6) is 0 Å². The van der Waals surface area contributed by atoms with E-state index in [1.165, 1.54) is 0 Å². The fourth-order valence-electron chi connectivity index (χ4n) is 4.34. The van der Waals surface area contributed by atoms with E-state index in [0.717, 1.165) is 27.0 Å². The minimum Gasteiger partial charge on any atom is -0.394 e. The average molecular weight is 498 g/mol. The van der Waals surface area contributed by atoms with Crippen LogP contribution in [0.4, 0.5) is 5.69 Å². The van der Waals surface area contributed by atoms with E-state index in [2.05, 4.69) is 20.5 Å². The molecule has 12 heteroatoms. The third-order valence-electron chi connectivity index (χ3n) is 5.77. The maximum Gasteiger partial charge on any atom is 0.259 e. The number of hydrogen-bond acceptors (Lipinski definition) is 8. The van der Waals surface area contributed by atoms with Crippen LogP contribution >= 0.6 is 11.6 Å². The van der Waals surface area contributed by atoms with Gasteiger partial charge in [-0.1, -0.05) is 17.7 Å². The molecule has 0 radical (unpaired) electrons. The molecule has 184 valence electrons. The van der Waals surface area contributed by atoms with Gasteiger partial charge in [0, 0.05) is 36.3 Å². The van der Waals surface area contributed by atoms with E-state index in [4.69, 9.17) is 23.2 Å².